The molecule has 0 heterocycles. The van der Waals surface area contributed by atoms with E-state index in [0.29, 0.717) is 17.4 Å². The van der Waals surface area contributed by atoms with Crippen LogP contribution in [0.5, 0.6) is 0 Å². The average Bonchev–Trinajstić information content (AvgIpc) is 2.45. The molecule has 0 amide bonds. The zero-order chi connectivity index (χ0) is 15.5. The predicted molar refractivity (Wildman–Crippen MR) is 85.2 cm³/mol. The standard InChI is InChI=1S/C16H25NO3S/c1-3-21(19,20)15-8-6-14(7-9-15)17-12-16(18)10-4-5-13(2)11-16/h6-9,13,17-18H,3-5,10-12H2,1-2H3. The van der Waals surface area contributed by atoms with Crippen molar-refractivity contribution >= 4 is 15.5 Å². The molecular weight excluding hydrogens is 286 g/mol. The summed E-state index contributed by atoms with van der Waals surface area (Å²) >= 11 is 0. The number of anilines is 1. The third-order valence-corrected chi connectivity index (χ3v) is 6.03. The summed E-state index contributed by atoms with van der Waals surface area (Å²) < 4.78 is 23.5. The van der Waals surface area contributed by atoms with E-state index in [0.717, 1.165) is 24.9 Å². The molecule has 0 spiro atoms. The molecule has 0 bridgehead atoms. The molecule has 2 atom stereocenters. The smallest absolute Gasteiger partial charge is 0.178 e. The first-order chi connectivity index (χ1) is 9.85. The molecule has 0 radical (unpaired) electrons. The van der Waals surface area contributed by atoms with E-state index in [9.17, 15) is 13.5 Å². The van der Waals surface area contributed by atoms with Gasteiger partial charge in [-0.25, -0.2) is 8.42 Å². The fourth-order valence-electron chi connectivity index (χ4n) is 3.01. The van der Waals surface area contributed by atoms with Crippen LogP contribution in [0.4, 0.5) is 5.69 Å². The van der Waals surface area contributed by atoms with Gasteiger partial charge in [0.15, 0.2) is 9.84 Å². The quantitative estimate of drug-likeness (QED) is 0.877. The zero-order valence-corrected chi connectivity index (χ0v) is 13.6. The van der Waals surface area contributed by atoms with E-state index in [1.54, 1.807) is 31.2 Å². The second-order valence-electron chi connectivity index (χ2n) is 6.21. The molecule has 2 unspecified atom stereocenters. The normalized spacial score (nSPS) is 26.5. The Kier molecular flexibility index (Phi) is 4.94. The van der Waals surface area contributed by atoms with Crippen molar-refractivity contribution in [1.29, 1.82) is 0 Å². The third-order valence-electron chi connectivity index (χ3n) is 4.28. The van der Waals surface area contributed by atoms with E-state index in [1.165, 1.54) is 6.42 Å². The molecule has 1 saturated carbocycles. The molecule has 1 fully saturated rings. The lowest BCUT2D eigenvalue weighted by atomic mass is 9.79. The summed E-state index contributed by atoms with van der Waals surface area (Å²) in [5.74, 6) is 0.667. The monoisotopic (exact) mass is 311 g/mol. The van der Waals surface area contributed by atoms with Crippen molar-refractivity contribution in [2.24, 2.45) is 5.92 Å². The Morgan fingerprint density at radius 3 is 2.57 bits per heavy atom. The third kappa shape index (κ3) is 4.20. The molecule has 118 valence electrons. The molecule has 2 rings (SSSR count). The number of hydrogen-bond acceptors (Lipinski definition) is 4. The van der Waals surface area contributed by atoms with E-state index in [4.69, 9.17) is 0 Å². The van der Waals surface area contributed by atoms with Crippen molar-refractivity contribution < 1.29 is 13.5 Å². The number of rotatable bonds is 5. The van der Waals surface area contributed by atoms with E-state index >= 15 is 0 Å². The highest BCUT2D eigenvalue weighted by Crippen LogP contribution is 2.32. The molecule has 21 heavy (non-hydrogen) atoms. The highest BCUT2D eigenvalue weighted by molar-refractivity contribution is 7.91. The van der Waals surface area contributed by atoms with Crippen LogP contribution in [-0.4, -0.2) is 31.4 Å². The molecule has 1 aromatic carbocycles. The van der Waals surface area contributed by atoms with Gasteiger partial charge in [-0.3, -0.25) is 0 Å². The van der Waals surface area contributed by atoms with Crippen molar-refractivity contribution in [1.82, 2.24) is 0 Å². The highest BCUT2D eigenvalue weighted by Gasteiger charge is 2.32. The molecular formula is C16H25NO3S. The summed E-state index contributed by atoms with van der Waals surface area (Å²) in [5, 5.41) is 13.8. The van der Waals surface area contributed by atoms with Gasteiger partial charge in [0.05, 0.1) is 16.2 Å². The lowest BCUT2D eigenvalue weighted by Crippen LogP contribution is -2.41. The number of benzene rings is 1. The van der Waals surface area contributed by atoms with Crippen LogP contribution < -0.4 is 5.32 Å². The largest absolute Gasteiger partial charge is 0.388 e. The zero-order valence-electron chi connectivity index (χ0n) is 12.8. The van der Waals surface area contributed by atoms with Crippen LogP contribution in [0.15, 0.2) is 29.2 Å². The summed E-state index contributed by atoms with van der Waals surface area (Å²) in [6.45, 7) is 4.33. The highest BCUT2D eigenvalue weighted by atomic mass is 32.2. The molecule has 1 aromatic rings. The van der Waals surface area contributed by atoms with Gasteiger partial charge >= 0.3 is 0 Å². The van der Waals surface area contributed by atoms with E-state index in [-0.39, 0.29) is 5.75 Å². The maximum atomic E-state index is 11.7. The van der Waals surface area contributed by atoms with Crippen molar-refractivity contribution in [3.8, 4) is 0 Å². The summed E-state index contributed by atoms with van der Waals surface area (Å²) in [4.78, 5) is 0.348. The number of aliphatic hydroxyl groups is 1. The van der Waals surface area contributed by atoms with Crippen LogP contribution in [-0.2, 0) is 9.84 Å². The molecule has 0 aliphatic heterocycles. The number of hydrogen-bond donors (Lipinski definition) is 2. The van der Waals surface area contributed by atoms with E-state index in [1.807, 2.05) is 0 Å². The van der Waals surface area contributed by atoms with Crippen molar-refractivity contribution in [2.75, 3.05) is 17.6 Å². The lowest BCUT2D eigenvalue weighted by molar-refractivity contribution is -0.000763. The maximum Gasteiger partial charge on any atom is 0.178 e. The molecule has 0 aromatic heterocycles. The Bertz CT molecular complexity index is 568. The first kappa shape index (κ1) is 16.3. The van der Waals surface area contributed by atoms with Gasteiger partial charge in [0.2, 0.25) is 0 Å². The summed E-state index contributed by atoms with van der Waals surface area (Å²) in [5.41, 5.74) is 0.197. The van der Waals surface area contributed by atoms with Crippen LogP contribution in [0.1, 0.15) is 39.5 Å². The summed E-state index contributed by atoms with van der Waals surface area (Å²) in [6.07, 6.45) is 3.90. The Balaban J connectivity index is 1.98. The second-order valence-corrected chi connectivity index (χ2v) is 8.49. The van der Waals surface area contributed by atoms with Gasteiger partial charge < -0.3 is 10.4 Å². The SMILES string of the molecule is CCS(=O)(=O)c1ccc(NCC2(O)CCCC(C)C2)cc1. The molecule has 1 aliphatic carbocycles. The fraction of sp³-hybridized carbons (Fsp3) is 0.625. The lowest BCUT2D eigenvalue weighted by Gasteiger charge is -2.35. The van der Waals surface area contributed by atoms with Crippen LogP contribution >= 0.6 is 0 Å². The molecule has 4 nitrogen and oxygen atoms in total. The van der Waals surface area contributed by atoms with Crippen LogP contribution in [0.3, 0.4) is 0 Å². The first-order valence-electron chi connectivity index (χ1n) is 7.64. The topological polar surface area (TPSA) is 66.4 Å². The van der Waals surface area contributed by atoms with Gasteiger partial charge in [-0.2, -0.15) is 0 Å². The molecule has 1 aliphatic rings. The molecule has 5 heteroatoms. The van der Waals surface area contributed by atoms with Gasteiger partial charge in [0.25, 0.3) is 0 Å². The first-order valence-corrected chi connectivity index (χ1v) is 9.29. The average molecular weight is 311 g/mol. The minimum Gasteiger partial charge on any atom is -0.388 e. The predicted octanol–water partition coefficient (Wildman–Crippen LogP) is 2.83. The van der Waals surface area contributed by atoms with Gasteiger partial charge in [-0.15, -0.1) is 0 Å². The van der Waals surface area contributed by atoms with Crippen LogP contribution in [0.25, 0.3) is 0 Å². The Hall–Kier alpha value is -1.07. The van der Waals surface area contributed by atoms with Crippen molar-refractivity contribution in [2.45, 2.75) is 50.0 Å². The Morgan fingerprint density at radius 1 is 1.33 bits per heavy atom. The van der Waals surface area contributed by atoms with Gasteiger partial charge in [0.1, 0.15) is 0 Å². The van der Waals surface area contributed by atoms with E-state index < -0.39 is 15.4 Å². The maximum absolute atomic E-state index is 11.7. The Morgan fingerprint density at radius 2 is 2.00 bits per heavy atom. The van der Waals surface area contributed by atoms with Gasteiger partial charge in [-0.05, 0) is 43.0 Å². The Labute approximate surface area is 127 Å². The van der Waals surface area contributed by atoms with E-state index in [2.05, 4.69) is 12.2 Å². The number of sulfone groups is 1. The summed E-state index contributed by atoms with van der Waals surface area (Å²) in [7, 11) is -3.15. The van der Waals surface area contributed by atoms with Crippen molar-refractivity contribution in [3.63, 3.8) is 0 Å². The minimum atomic E-state index is -3.15. The van der Waals surface area contributed by atoms with Crippen LogP contribution in [0.2, 0.25) is 0 Å². The number of nitrogens with one attached hydrogen (secondary N) is 1. The fourth-order valence-corrected chi connectivity index (χ4v) is 3.89. The van der Waals surface area contributed by atoms with Crippen molar-refractivity contribution in [3.05, 3.63) is 24.3 Å². The second kappa shape index (κ2) is 6.36. The molecule has 2 N–H and O–H groups in total. The van der Waals surface area contributed by atoms with Gasteiger partial charge in [-0.1, -0.05) is 26.7 Å². The van der Waals surface area contributed by atoms with Crippen LogP contribution in [0, 0.1) is 5.92 Å². The minimum absolute atomic E-state index is 0.109. The molecule has 0 saturated heterocycles. The summed E-state index contributed by atoms with van der Waals surface area (Å²) in [6, 6.07) is 6.76. The van der Waals surface area contributed by atoms with Gasteiger partial charge in [0, 0.05) is 12.2 Å².